The van der Waals surface area contributed by atoms with Gasteiger partial charge in [0.05, 0.1) is 5.69 Å². The van der Waals surface area contributed by atoms with Crippen LogP contribution in [-0.2, 0) is 11.8 Å². The summed E-state index contributed by atoms with van der Waals surface area (Å²) in [4.78, 5) is 12.5. The minimum Gasteiger partial charge on any atom is -0.309 e. The van der Waals surface area contributed by atoms with Crippen molar-refractivity contribution in [3.63, 3.8) is 0 Å². The number of carbonyl (C=O) groups is 1. The highest BCUT2D eigenvalue weighted by atomic mass is 19.3. The predicted molar refractivity (Wildman–Crippen MR) is 96.0 cm³/mol. The molecule has 144 valence electrons. The molecule has 27 heavy (non-hydrogen) atoms. The minimum absolute atomic E-state index is 0.187. The van der Waals surface area contributed by atoms with Crippen molar-refractivity contribution in [2.75, 3.05) is 5.32 Å². The van der Waals surface area contributed by atoms with E-state index in [1.807, 2.05) is 0 Å². The molecule has 1 N–H and O–H groups in total. The molecule has 4 rings (SSSR count). The normalized spacial score (nSPS) is 24.7. The molecule has 0 unspecified atom stereocenters. The highest BCUT2D eigenvalue weighted by molar-refractivity contribution is 5.96. The third-order valence-electron chi connectivity index (χ3n) is 6.05. The first-order valence-electron chi connectivity index (χ1n) is 9.23. The molecular weight excluding hydrogens is 355 g/mol. The fraction of sp³-hybridized carbons (Fsp3) is 0.500. The largest absolute Gasteiger partial charge is 0.309 e. The van der Waals surface area contributed by atoms with Crippen LogP contribution in [0.25, 0.3) is 11.3 Å². The lowest BCUT2D eigenvalue weighted by atomic mass is 9.79. The molecule has 2 atom stereocenters. The summed E-state index contributed by atoms with van der Waals surface area (Å²) in [6, 6.07) is 6.16. The summed E-state index contributed by atoms with van der Waals surface area (Å²) in [6.45, 7) is 1.44. The number of anilines is 1. The SMILES string of the molecule is Cn1nc(NC(=O)[C@H]2C[C@@]2(C)C(F)F)c(C2CCC2)c1-c1ccc(F)cc1. The van der Waals surface area contributed by atoms with Crippen molar-refractivity contribution in [1.82, 2.24) is 9.78 Å². The maximum absolute atomic E-state index is 13.3. The van der Waals surface area contributed by atoms with Gasteiger partial charge in [-0.15, -0.1) is 0 Å². The molecule has 0 radical (unpaired) electrons. The Labute approximate surface area is 155 Å². The van der Waals surface area contributed by atoms with E-state index in [2.05, 4.69) is 10.4 Å². The molecule has 2 aromatic rings. The Morgan fingerprint density at radius 2 is 1.96 bits per heavy atom. The van der Waals surface area contributed by atoms with Gasteiger partial charge in [-0.3, -0.25) is 9.48 Å². The van der Waals surface area contributed by atoms with Crippen LogP contribution in [0.1, 0.15) is 44.1 Å². The average molecular weight is 377 g/mol. The smallest absolute Gasteiger partial charge is 0.244 e. The number of halogens is 3. The molecule has 7 heteroatoms. The van der Waals surface area contributed by atoms with E-state index < -0.39 is 23.7 Å². The molecule has 1 amide bonds. The number of carbonyl (C=O) groups excluding carboxylic acids is 1. The summed E-state index contributed by atoms with van der Waals surface area (Å²) >= 11 is 0. The topological polar surface area (TPSA) is 46.9 Å². The Morgan fingerprint density at radius 3 is 2.48 bits per heavy atom. The van der Waals surface area contributed by atoms with Gasteiger partial charge < -0.3 is 5.32 Å². The first-order valence-corrected chi connectivity index (χ1v) is 9.23. The van der Waals surface area contributed by atoms with Gasteiger partial charge in [0.15, 0.2) is 5.82 Å². The van der Waals surface area contributed by atoms with Crippen molar-refractivity contribution in [3.05, 3.63) is 35.6 Å². The maximum atomic E-state index is 13.3. The molecule has 1 aromatic heterocycles. The van der Waals surface area contributed by atoms with Gasteiger partial charge in [-0.1, -0.05) is 13.3 Å². The van der Waals surface area contributed by atoms with Crippen molar-refractivity contribution < 1.29 is 18.0 Å². The van der Waals surface area contributed by atoms with Crippen molar-refractivity contribution in [2.45, 2.75) is 45.0 Å². The van der Waals surface area contributed by atoms with Gasteiger partial charge in [-0.2, -0.15) is 5.10 Å². The van der Waals surface area contributed by atoms with Crippen molar-refractivity contribution in [2.24, 2.45) is 18.4 Å². The zero-order valence-corrected chi connectivity index (χ0v) is 15.3. The summed E-state index contributed by atoms with van der Waals surface area (Å²) in [5.74, 6) is -0.713. The van der Waals surface area contributed by atoms with E-state index in [1.165, 1.54) is 19.1 Å². The molecule has 0 bridgehead atoms. The second kappa shape index (κ2) is 6.39. The number of nitrogens with one attached hydrogen (secondary N) is 1. The molecular formula is C20H22F3N3O. The van der Waals surface area contributed by atoms with E-state index in [0.717, 1.165) is 36.1 Å². The standard InChI is InChI=1S/C20H22F3N3O/c1-20(19(22)23)10-14(20)18(27)24-17-15(11-4-3-5-11)16(26(2)25-17)12-6-8-13(21)9-7-12/h6-9,11,14,19H,3-5,10H2,1-2H3,(H,24,25,27)/t14-,20-/m1/s1. The number of aromatic nitrogens is 2. The van der Waals surface area contributed by atoms with E-state index >= 15 is 0 Å². The zero-order chi connectivity index (χ0) is 19.3. The van der Waals surface area contributed by atoms with Crippen LogP contribution in [0.4, 0.5) is 19.0 Å². The van der Waals surface area contributed by atoms with Crippen LogP contribution in [0.2, 0.25) is 0 Å². The molecule has 1 aromatic carbocycles. The molecule has 0 saturated heterocycles. The van der Waals surface area contributed by atoms with Gasteiger partial charge in [0.1, 0.15) is 5.82 Å². The predicted octanol–water partition coefficient (Wildman–Crippen LogP) is 4.72. The Hall–Kier alpha value is -2.31. The van der Waals surface area contributed by atoms with Crippen LogP contribution in [0.15, 0.2) is 24.3 Å². The van der Waals surface area contributed by atoms with Crippen molar-refractivity contribution >= 4 is 11.7 Å². The third kappa shape index (κ3) is 3.03. The van der Waals surface area contributed by atoms with Gasteiger partial charge >= 0.3 is 0 Å². The van der Waals surface area contributed by atoms with E-state index in [0.29, 0.717) is 5.82 Å². The molecule has 2 saturated carbocycles. The van der Waals surface area contributed by atoms with Crippen molar-refractivity contribution in [1.29, 1.82) is 0 Å². The monoisotopic (exact) mass is 377 g/mol. The minimum atomic E-state index is -2.52. The number of amides is 1. The number of hydrogen-bond donors (Lipinski definition) is 1. The van der Waals surface area contributed by atoms with Gasteiger partial charge in [0.2, 0.25) is 12.3 Å². The molecule has 1 heterocycles. The second-order valence-electron chi connectivity index (χ2n) is 7.92. The third-order valence-corrected chi connectivity index (χ3v) is 6.05. The maximum Gasteiger partial charge on any atom is 0.244 e. The number of aryl methyl sites for hydroxylation is 1. The molecule has 0 aliphatic heterocycles. The summed E-state index contributed by atoms with van der Waals surface area (Å²) in [6.07, 6.45) is 0.745. The Bertz CT molecular complexity index is 873. The Kier molecular flexibility index (Phi) is 4.28. The lowest BCUT2D eigenvalue weighted by Gasteiger charge is -2.27. The fourth-order valence-electron chi connectivity index (χ4n) is 3.88. The lowest BCUT2D eigenvalue weighted by molar-refractivity contribution is -0.119. The molecule has 2 fully saturated rings. The summed E-state index contributed by atoms with van der Waals surface area (Å²) in [5, 5.41) is 7.25. The fourth-order valence-corrected chi connectivity index (χ4v) is 3.88. The molecule has 0 spiro atoms. The van der Waals surface area contributed by atoms with Crippen molar-refractivity contribution in [3.8, 4) is 11.3 Å². The van der Waals surface area contributed by atoms with Gasteiger partial charge in [0, 0.05) is 29.5 Å². The Morgan fingerprint density at radius 1 is 1.30 bits per heavy atom. The quantitative estimate of drug-likeness (QED) is 0.819. The lowest BCUT2D eigenvalue weighted by Crippen LogP contribution is -2.22. The van der Waals surface area contributed by atoms with Crippen LogP contribution in [0.3, 0.4) is 0 Å². The average Bonchev–Trinajstić information content (AvgIpc) is 3.18. The van der Waals surface area contributed by atoms with Crippen LogP contribution < -0.4 is 5.32 Å². The van der Waals surface area contributed by atoms with E-state index in [-0.39, 0.29) is 18.2 Å². The number of rotatable bonds is 5. The first kappa shape index (κ1) is 18.1. The number of hydrogen-bond acceptors (Lipinski definition) is 2. The number of benzene rings is 1. The highest BCUT2D eigenvalue weighted by Gasteiger charge is 2.60. The molecule has 2 aliphatic rings. The first-order chi connectivity index (χ1) is 12.8. The summed E-state index contributed by atoms with van der Waals surface area (Å²) < 4.78 is 41.2. The number of nitrogens with zero attached hydrogens (tertiary/aromatic N) is 2. The summed E-state index contributed by atoms with van der Waals surface area (Å²) in [5.41, 5.74) is 1.33. The van der Waals surface area contributed by atoms with E-state index in [1.54, 1.807) is 23.9 Å². The molecule has 2 aliphatic carbocycles. The van der Waals surface area contributed by atoms with Crippen LogP contribution in [0, 0.1) is 17.2 Å². The zero-order valence-electron chi connectivity index (χ0n) is 15.3. The Balaban J connectivity index is 1.66. The van der Waals surface area contributed by atoms with Crippen LogP contribution >= 0.6 is 0 Å². The number of alkyl halides is 2. The van der Waals surface area contributed by atoms with Gasteiger partial charge in [-0.25, -0.2) is 13.2 Å². The van der Waals surface area contributed by atoms with E-state index in [9.17, 15) is 18.0 Å². The van der Waals surface area contributed by atoms with E-state index in [4.69, 9.17) is 0 Å². The molecule has 4 nitrogen and oxygen atoms in total. The summed E-state index contributed by atoms with van der Waals surface area (Å²) in [7, 11) is 1.77. The van der Waals surface area contributed by atoms with Gasteiger partial charge in [0.25, 0.3) is 0 Å². The highest BCUT2D eigenvalue weighted by Crippen LogP contribution is 2.57. The van der Waals surface area contributed by atoms with Crippen LogP contribution in [-0.4, -0.2) is 22.1 Å². The second-order valence-corrected chi connectivity index (χ2v) is 7.92. The van der Waals surface area contributed by atoms with Crippen LogP contribution in [0.5, 0.6) is 0 Å². The van der Waals surface area contributed by atoms with Gasteiger partial charge in [-0.05, 0) is 49.4 Å².